The Balaban J connectivity index is 2.37. The molecule has 0 saturated carbocycles. The standard InChI is InChI=1S/C10H12ClNOS/c1-6-2-8(11)10-9(3-6)14-5-7(4-13)12-10/h2-3,7,12-13H,4-5H2,1H3. The molecular formula is C10H12ClNOS. The van der Waals surface area contributed by atoms with Gasteiger partial charge in [0.15, 0.2) is 0 Å². The van der Waals surface area contributed by atoms with Gasteiger partial charge in [-0.25, -0.2) is 0 Å². The van der Waals surface area contributed by atoms with Crippen LogP contribution >= 0.6 is 23.4 Å². The molecular weight excluding hydrogens is 218 g/mol. The fraction of sp³-hybridized carbons (Fsp3) is 0.400. The lowest BCUT2D eigenvalue weighted by atomic mass is 10.2. The molecule has 1 atom stereocenters. The van der Waals surface area contributed by atoms with Crippen molar-refractivity contribution in [3.8, 4) is 0 Å². The number of hydrogen-bond donors (Lipinski definition) is 2. The fourth-order valence-electron chi connectivity index (χ4n) is 1.50. The molecule has 0 fully saturated rings. The van der Waals surface area contributed by atoms with Crippen LogP contribution in [0.5, 0.6) is 0 Å². The van der Waals surface area contributed by atoms with Gasteiger partial charge in [0.25, 0.3) is 0 Å². The van der Waals surface area contributed by atoms with E-state index in [0.717, 1.165) is 16.5 Å². The van der Waals surface area contributed by atoms with Crippen LogP contribution in [0.2, 0.25) is 5.02 Å². The number of thioether (sulfide) groups is 1. The molecule has 1 aromatic carbocycles. The van der Waals surface area contributed by atoms with Crippen LogP contribution in [0, 0.1) is 6.92 Å². The Kier molecular flexibility index (Phi) is 2.91. The van der Waals surface area contributed by atoms with Crippen LogP contribution in [-0.4, -0.2) is 23.5 Å². The van der Waals surface area contributed by atoms with E-state index in [1.807, 2.05) is 13.0 Å². The Morgan fingerprint density at radius 1 is 1.64 bits per heavy atom. The maximum Gasteiger partial charge on any atom is 0.0671 e. The maximum atomic E-state index is 9.04. The predicted molar refractivity (Wildman–Crippen MR) is 61.4 cm³/mol. The van der Waals surface area contributed by atoms with Crippen molar-refractivity contribution < 1.29 is 5.11 Å². The zero-order valence-electron chi connectivity index (χ0n) is 7.88. The molecule has 2 nitrogen and oxygen atoms in total. The lowest BCUT2D eigenvalue weighted by Crippen LogP contribution is -2.29. The minimum atomic E-state index is 0.118. The molecule has 1 heterocycles. The Morgan fingerprint density at radius 3 is 3.14 bits per heavy atom. The quantitative estimate of drug-likeness (QED) is 0.776. The molecule has 0 radical (unpaired) electrons. The van der Waals surface area contributed by atoms with Crippen LogP contribution in [0.25, 0.3) is 0 Å². The summed E-state index contributed by atoms with van der Waals surface area (Å²) in [6, 6.07) is 4.17. The number of aliphatic hydroxyl groups is 1. The SMILES string of the molecule is Cc1cc(Cl)c2c(c1)SCC(CO)N2. The van der Waals surface area contributed by atoms with E-state index < -0.39 is 0 Å². The van der Waals surface area contributed by atoms with Gasteiger partial charge in [-0.15, -0.1) is 11.8 Å². The van der Waals surface area contributed by atoms with Crippen molar-refractivity contribution in [2.45, 2.75) is 17.9 Å². The highest BCUT2D eigenvalue weighted by atomic mass is 35.5. The summed E-state index contributed by atoms with van der Waals surface area (Å²) >= 11 is 7.86. The number of halogens is 1. The van der Waals surface area contributed by atoms with Gasteiger partial charge >= 0.3 is 0 Å². The van der Waals surface area contributed by atoms with Crippen molar-refractivity contribution in [3.63, 3.8) is 0 Å². The first-order chi connectivity index (χ1) is 6.70. The molecule has 2 rings (SSSR count). The third-order valence-corrected chi connectivity index (χ3v) is 3.71. The van der Waals surface area contributed by atoms with E-state index in [9.17, 15) is 0 Å². The highest BCUT2D eigenvalue weighted by molar-refractivity contribution is 7.99. The van der Waals surface area contributed by atoms with Crippen LogP contribution < -0.4 is 5.32 Å². The number of benzene rings is 1. The molecule has 1 unspecified atom stereocenters. The molecule has 1 aliphatic heterocycles. The monoisotopic (exact) mass is 229 g/mol. The summed E-state index contributed by atoms with van der Waals surface area (Å²) < 4.78 is 0. The second kappa shape index (κ2) is 4.01. The minimum Gasteiger partial charge on any atom is -0.394 e. The molecule has 0 spiro atoms. The normalized spacial score (nSPS) is 20.1. The van der Waals surface area contributed by atoms with Crippen LogP contribution in [0.15, 0.2) is 17.0 Å². The van der Waals surface area contributed by atoms with Crippen LogP contribution in [0.3, 0.4) is 0 Å². The molecule has 0 saturated heterocycles. The average Bonchev–Trinajstić information content (AvgIpc) is 2.17. The summed E-state index contributed by atoms with van der Waals surface area (Å²) in [7, 11) is 0. The van der Waals surface area contributed by atoms with E-state index in [1.54, 1.807) is 11.8 Å². The van der Waals surface area contributed by atoms with Gasteiger partial charge in [0.05, 0.1) is 23.4 Å². The van der Waals surface area contributed by atoms with E-state index in [2.05, 4.69) is 11.4 Å². The lowest BCUT2D eigenvalue weighted by Gasteiger charge is -2.26. The zero-order valence-corrected chi connectivity index (χ0v) is 9.45. The van der Waals surface area contributed by atoms with Crippen molar-refractivity contribution >= 4 is 29.1 Å². The number of hydrogen-bond acceptors (Lipinski definition) is 3. The molecule has 1 aliphatic rings. The van der Waals surface area contributed by atoms with Crippen molar-refractivity contribution in [3.05, 3.63) is 22.7 Å². The third-order valence-electron chi connectivity index (χ3n) is 2.21. The Morgan fingerprint density at radius 2 is 2.43 bits per heavy atom. The zero-order chi connectivity index (χ0) is 10.1. The molecule has 0 aliphatic carbocycles. The lowest BCUT2D eigenvalue weighted by molar-refractivity contribution is 0.282. The molecule has 0 bridgehead atoms. The predicted octanol–water partition coefficient (Wildman–Crippen LogP) is 2.53. The van der Waals surface area contributed by atoms with Gasteiger partial charge in [-0.2, -0.15) is 0 Å². The molecule has 14 heavy (non-hydrogen) atoms. The Labute approximate surface area is 92.7 Å². The molecule has 76 valence electrons. The number of anilines is 1. The summed E-state index contributed by atoms with van der Waals surface area (Å²) in [5, 5.41) is 13.0. The largest absolute Gasteiger partial charge is 0.394 e. The van der Waals surface area contributed by atoms with E-state index in [4.69, 9.17) is 16.7 Å². The molecule has 1 aromatic rings. The molecule has 2 N–H and O–H groups in total. The smallest absolute Gasteiger partial charge is 0.0671 e. The van der Waals surface area contributed by atoms with Gasteiger partial charge in [0, 0.05) is 10.6 Å². The number of aliphatic hydroxyl groups excluding tert-OH is 1. The number of rotatable bonds is 1. The highest BCUT2D eigenvalue weighted by Gasteiger charge is 2.19. The molecule has 0 aromatic heterocycles. The fourth-order valence-corrected chi connectivity index (χ4v) is 3.04. The summed E-state index contributed by atoms with van der Waals surface area (Å²) in [4.78, 5) is 1.18. The van der Waals surface area contributed by atoms with E-state index in [0.29, 0.717) is 0 Å². The second-order valence-corrected chi connectivity index (χ2v) is 4.92. The molecule has 4 heteroatoms. The first-order valence-electron chi connectivity index (χ1n) is 4.51. The van der Waals surface area contributed by atoms with E-state index in [-0.39, 0.29) is 12.6 Å². The summed E-state index contributed by atoms with van der Waals surface area (Å²) in [5.74, 6) is 0.892. The van der Waals surface area contributed by atoms with E-state index >= 15 is 0 Å². The summed E-state index contributed by atoms with van der Waals surface area (Å²) in [6.45, 7) is 2.18. The average molecular weight is 230 g/mol. The highest BCUT2D eigenvalue weighted by Crippen LogP contribution is 2.38. The topological polar surface area (TPSA) is 32.3 Å². The van der Waals surface area contributed by atoms with Crippen molar-refractivity contribution in [2.75, 3.05) is 17.7 Å². The van der Waals surface area contributed by atoms with E-state index in [1.165, 1.54) is 10.5 Å². The number of fused-ring (bicyclic) bond motifs is 1. The van der Waals surface area contributed by atoms with Gasteiger partial charge < -0.3 is 10.4 Å². The third kappa shape index (κ3) is 1.85. The van der Waals surface area contributed by atoms with Crippen LogP contribution in [-0.2, 0) is 0 Å². The number of nitrogens with one attached hydrogen (secondary N) is 1. The Bertz CT molecular complexity index is 356. The summed E-state index contributed by atoms with van der Waals surface area (Å²) in [6.07, 6.45) is 0. The van der Waals surface area contributed by atoms with Crippen molar-refractivity contribution in [2.24, 2.45) is 0 Å². The first kappa shape index (κ1) is 10.1. The summed E-state index contributed by atoms with van der Waals surface area (Å²) in [5.41, 5.74) is 2.14. The van der Waals surface area contributed by atoms with Crippen LogP contribution in [0.1, 0.15) is 5.56 Å². The first-order valence-corrected chi connectivity index (χ1v) is 5.87. The maximum absolute atomic E-state index is 9.04. The molecule has 0 amide bonds. The Hall–Kier alpha value is -0.380. The van der Waals surface area contributed by atoms with Gasteiger partial charge in [0.1, 0.15) is 0 Å². The van der Waals surface area contributed by atoms with Gasteiger partial charge in [-0.05, 0) is 24.6 Å². The van der Waals surface area contributed by atoms with Crippen LogP contribution in [0.4, 0.5) is 5.69 Å². The van der Waals surface area contributed by atoms with Crippen molar-refractivity contribution in [1.29, 1.82) is 0 Å². The second-order valence-electron chi connectivity index (χ2n) is 3.45. The van der Waals surface area contributed by atoms with Gasteiger partial charge in [-0.1, -0.05) is 11.6 Å². The van der Waals surface area contributed by atoms with Crippen molar-refractivity contribution in [1.82, 2.24) is 0 Å². The van der Waals surface area contributed by atoms with Gasteiger partial charge in [-0.3, -0.25) is 0 Å². The number of aryl methyl sites for hydroxylation is 1. The minimum absolute atomic E-state index is 0.118. The van der Waals surface area contributed by atoms with Gasteiger partial charge in [0.2, 0.25) is 0 Å².